The van der Waals surface area contributed by atoms with Gasteiger partial charge in [-0.15, -0.1) is 0 Å². The van der Waals surface area contributed by atoms with Gasteiger partial charge in [-0.25, -0.2) is 9.37 Å². The molecule has 5 heteroatoms. The van der Waals surface area contributed by atoms with Crippen molar-refractivity contribution in [3.8, 4) is 0 Å². The number of halogens is 1. The number of nitrogens with zero attached hydrogens (tertiary/aromatic N) is 2. The van der Waals surface area contributed by atoms with Crippen LogP contribution in [0.15, 0.2) is 41.1 Å². The van der Waals surface area contributed by atoms with Crippen LogP contribution in [-0.2, 0) is 17.9 Å². The normalized spacial score (nSPS) is 15.3. The van der Waals surface area contributed by atoms with Crippen molar-refractivity contribution in [1.82, 2.24) is 9.88 Å². The molecule has 2 aromatic rings. The van der Waals surface area contributed by atoms with Crippen molar-refractivity contribution >= 4 is 29.0 Å². The summed E-state index contributed by atoms with van der Waals surface area (Å²) in [5.41, 5.74) is 16.3. The molecule has 0 fully saturated rings. The minimum Gasteiger partial charge on any atom is -0.335 e. The third-order valence-corrected chi connectivity index (χ3v) is 6.73. The van der Waals surface area contributed by atoms with Gasteiger partial charge in [0.15, 0.2) is 0 Å². The molecule has 2 aliphatic heterocycles. The number of carbonyl (C=O) groups is 1. The molecule has 1 unspecified atom stereocenters. The highest BCUT2D eigenvalue weighted by Gasteiger charge is 2.35. The van der Waals surface area contributed by atoms with E-state index in [0.717, 1.165) is 75.0 Å². The van der Waals surface area contributed by atoms with Crippen LogP contribution in [0.4, 0.5) is 4.39 Å². The molecule has 0 saturated carbocycles. The molecule has 1 aromatic carbocycles. The fraction of sp³-hybridized carbons (Fsp3) is 0.400. The minimum absolute atomic E-state index is 0.235. The number of hydrogen-bond donors (Lipinski definition) is 1. The fourth-order valence-corrected chi connectivity index (χ4v) is 5.06. The van der Waals surface area contributed by atoms with Crippen molar-refractivity contribution in [2.45, 2.75) is 74.4 Å². The molecule has 4 nitrogen and oxygen atoms in total. The molecule has 0 amide bonds. The van der Waals surface area contributed by atoms with E-state index in [0.29, 0.717) is 24.2 Å². The van der Waals surface area contributed by atoms with E-state index in [4.69, 9.17) is 10.7 Å². The molecular weight excluding hydrogens is 437 g/mol. The van der Waals surface area contributed by atoms with E-state index in [-0.39, 0.29) is 11.7 Å². The molecule has 0 saturated heterocycles. The van der Waals surface area contributed by atoms with Crippen molar-refractivity contribution in [3.63, 3.8) is 0 Å². The van der Waals surface area contributed by atoms with Gasteiger partial charge in [-0.2, -0.15) is 0 Å². The Morgan fingerprint density at radius 1 is 1.34 bits per heavy atom. The van der Waals surface area contributed by atoms with Crippen LogP contribution in [0.25, 0.3) is 22.7 Å². The Morgan fingerprint density at radius 2 is 2.03 bits per heavy atom. The quantitative estimate of drug-likeness (QED) is 0.449. The number of aldehydes is 1. The standard InChI is InChI=1S/C28H32FN3O.C2H6/c1-7-8-19-18(6)32-13-23-22(12-30)27-21(9-15(2)3)17(5)24(29)11-25(27)31-28(23)26(32)10-20(19)16(4)14-33;1-2/h9-11,14,16H,6-8,12-13,30H2,1-5H3;1-2H3. The van der Waals surface area contributed by atoms with Crippen LogP contribution >= 0.6 is 0 Å². The van der Waals surface area contributed by atoms with E-state index in [9.17, 15) is 9.18 Å². The van der Waals surface area contributed by atoms with Gasteiger partial charge in [-0.05, 0) is 61.1 Å². The lowest BCUT2D eigenvalue weighted by Gasteiger charge is -2.31. The van der Waals surface area contributed by atoms with Crippen molar-refractivity contribution in [2.24, 2.45) is 11.7 Å². The Hall–Kier alpha value is -3.05. The van der Waals surface area contributed by atoms with Gasteiger partial charge in [0.2, 0.25) is 0 Å². The lowest BCUT2D eigenvalue weighted by Crippen LogP contribution is -2.22. The second-order valence-corrected chi connectivity index (χ2v) is 9.31. The molecule has 3 heterocycles. The molecule has 0 aliphatic carbocycles. The van der Waals surface area contributed by atoms with Crippen LogP contribution in [0, 0.1) is 18.7 Å². The number of rotatable bonds is 6. The molecule has 1 aromatic heterocycles. The molecule has 186 valence electrons. The molecular formula is C30H38FN3O. The van der Waals surface area contributed by atoms with Crippen LogP contribution in [0.2, 0.25) is 0 Å². The van der Waals surface area contributed by atoms with Crippen LogP contribution < -0.4 is 5.73 Å². The number of nitrogens with two attached hydrogens (primary N) is 1. The maximum atomic E-state index is 14.9. The lowest BCUT2D eigenvalue weighted by atomic mass is 9.88. The van der Waals surface area contributed by atoms with Gasteiger partial charge in [-0.3, -0.25) is 0 Å². The predicted octanol–water partition coefficient (Wildman–Crippen LogP) is 7.21. The molecule has 0 radical (unpaired) electrons. The number of pyridine rings is 1. The maximum Gasteiger partial charge on any atom is 0.128 e. The van der Waals surface area contributed by atoms with E-state index in [2.05, 4.69) is 24.5 Å². The zero-order chi connectivity index (χ0) is 26.0. The van der Waals surface area contributed by atoms with Gasteiger partial charge >= 0.3 is 0 Å². The van der Waals surface area contributed by atoms with Crippen molar-refractivity contribution in [2.75, 3.05) is 0 Å². The maximum absolute atomic E-state index is 14.9. The summed E-state index contributed by atoms with van der Waals surface area (Å²) in [6.07, 6.45) is 6.89. The Morgan fingerprint density at radius 3 is 2.60 bits per heavy atom. The van der Waals surface area contributed by atoms with Crippen LogP contribution in [0.1, 0.15) is 82.3 Å². The smallest absolute Gasteiger partial charge is 0.128 e. The Bertz CT molecular complexity index is 1280. The molecule has 1 atom stereocenters. The minimum atomic E-state index is -0.275. The van der Waals surface area contributed by atoms with Gasteiger partial charge in [0.05, 0.1) is 23.5 Å². The highest BCUT2D eigenvalue weighted by atomic mass is 19.1. The number of fused-ring (bicyclic) bond motifs is 4. The number of aromatic nitrogens is 1. The first kappa shape index (κ1) is 26.6. The number of carbonyl (C=O) groups excluding carboxylic acids is 1. The zero-order valence-electron chi connectivity index (χ0n) is 22.2. The third kappa shape index (κ3) is 4.50. The summed E-state index contributed by atoms with van der Waals surface area (Å²) in [6, 6.07) is 1.51. The van der Waals surface area contributed by atoms with Crippen LogP contribution in [0.3, 0.4) is 0 Å². The molecule has 0 bridgehead atoms. The fourth-order valence-electron chi connectivity index (χ4n) is 5.06. The van der Waals surface area contributed by atoms with E-state index >= 15 is 0 Å². The number of hydrogen-bond acceptors (Lipinski definition) is 4. The molecule has 4 rings (SSSR count). The van der Waals surface area contributed by atoms with E-state index in [1.54, 1.807) is 6.92 Å². The van der Waals surface area contributed by atoms with Gasteiger partial charge < -0.3 is 15.4 Å². The van der Waals surface area contributed by atoms with Crippen molar-refractivity contribution in [3.05, 3.63) is 74.9 Å². The second kappa shape index (κ2) is 10.7. The van der Waals surface area contributed by atoms with Crippen LogP contribution in [-0.4, -0.2) is 16.2 Å². The summed E-state index contributed by atoms with van der Waals surface area (Å²) in [5.74, 6) is -0.511. The molecule has 2 aliphatic rings. The topological polar surface area (TPSA) is 59.2 Å². The summed E-state index contributed by atoms with van der Waals surface area (Å²) in [6.45, 7) is 19.2. The highest BCUT2D eigenvalue weighted by Crippen LogP contribution is 2.46. The van der Waals surface area contributed by atoms with Gasteiger partial charge in [-0.1, -0.05) is 52.3 Å². The monoisotopic (exact) mass is 475 g/mol. The lowest BCUT2D eigenvalue weighted by molar-refractivity contribution is -0.109. The summed E-state index contributed by atoms with van der Waals surface area (Å²) in [5, 5.41) is 0.922. The Kier molecular flexibility index (Phi) is 8.11. The zero-order valence-corrected chi connectivity index (χ0v) is 22.2. The number of benzene rings is 1. The highest BCUT2D eigenvalue weighted by molar-refractivity contribution is 5.96. The molecule has 35 heavy (non-hydrogen) atoms. The first-order valence-electron chi connectivity index (χ1n) is 12.6. The average molecular weight is 476 g/mol. The molecule has 2 N–H and O–H groups in total. The SMILES string of the molecule is C=C1C(CCC)=C(C(C)C=O)C=C2c3nc4cc(F)c(C)c(C=C(C)C)c4c(CN)c3CN12.CC. The van der Waals surface area contributed by atoms with Gasteiger partial charge in [0.25, 0.3) is 0 Å². The summed E-state index contributed by atoms with van der Waals surface area (Å²) < 4.78 is 14.9. The summed E-state index contributed by atoms with van der Waals surface area (Å²) in [4.78, 5) is 18.8. The van der Waals surface area contributed by atoms with Crippen molar-refractivity contribution < 1.29 is 9.18 Å². The first-order valence-corrected chi connectivity index (χ1v) is 12.6. The average Bonchev–Trinajstić information content (AvgIpc) is 3.21. The Labute approximate surface area is 209 Å². The summed E-state index contributed by atoms with van der Waals surface area (Å²) >= 11 is 0. The van der Waals surface area contributed by atoms with E-state index in [1.807, 2.05) is 40.7 Å². The predicted molar refractivity (Wildman–Crippen MR) is 145 cm³/mol. The first-order chi connectivity index (χ1) is 16.7. The molecule has 0 spiro atoms. The number of allylic oxidation sites excluding steroid dienone is 4. The Balaban J connectivity index is 0.00000167. The van der Waals surface area contributed by atoms with E-state index < -0.39 is 0 Å². The summed E-state index contributed by atoms with van der Waals surface area (Å²) in [7, 11) is 0. The van der Waals surface area contributed by atoms with Crippen molar-refractivity contribution in [1.29, 1.82) is 0 Å². The third-order valence-electron chi connectivity index (χ3n) is 6.73. The van der Waals surface area contributed by atoms with Gasteiger partial charge in [0, 0.05) is 35.2 Å². The van der Waals surface area contributed by atoms with E-state index in [1.165, 1.54) is 6.07 Å². The second-order valence-electron chi connectivity index (χ2n) is 9.31. The largest absolute Gasteiger partial charge is 0.335 e. The van der Waals surface area contributed by atoms with Gasteiger partial charge in [0.1, 0.15) is 12.1 Å². The van der Waals surface area contributed by atoms with Crippen LogP contribution in [0.5, 0.6) is 0 Å².